The molecule has 92 valence electrons. The maximum atomic E-state index is 12.5. The molecule has 2 atom stereocenters. The van der Waals surface area contributed by atoms with Crippen LogP contribution in [0.1, 0.15) is 39.0 Å². The van der Waals surface area contributed by atoms with Crippen LogP contribution in [0.15, 0.2) is 0 Å². The van der Waals surface area contributed by atoms with Crippen molar-refractivity contribution in [3.8, 4) is 0 Å². The smallest absolute Gasteiger partial charge is 0.417 e. The van der Waals surface area contributed by atoms with Gasteiger partial charge in [0.05, 0.1) is 0 Å². The molecular weight excluding hydrogens is 218 g/mol. The Hall–Kier alpha value is -1.06. The van der Waals surface area contributed by atoms with Crippen LogP contribution in [0, 0.1) is 17.8 Å². The lowest BCUT2D eigenvalue weighted by molar-refractivity contribution is -0.138. The van der Waals surface area contributed by atoms with Gasteiger partial charge in [-0.25, -0.2) is 9.69 Å². The van der Waals surface area contributed by atoms with Crippen molar-refractivity contribution in [2.24, 2.45) is 17.8 Å². The number of nitrogens with zero attached hydrogens (tertiary/aromatic N) is 1. The molecule has 1 heterocycles. The summed E-state index contributed by atoms with van der Waals surface area (Å²) < 4.78 is 5.41. The minimum atomic E-state index is -0.843. The van der Waals surface area contributed by atoms with Crippen LogP contribution < -0.4 is 0 Å². The standard InChI is InChI=1S/C13H17NO3/c1-13(9-2-3-9)11(15)14(12(16)17-13)10-6-7-4-8(10)5-7/h7-10H,2-6H2,1H3. The summed E-state index contributed by atoms with van der Waals surface area (Å²) in [4.78, 5) is 25.9. The molecule has 0 radical (unpaired) electrons. The Morgan fingerprint density at radius 3 is 2.47 bits per heavy atom. The van der Waals surface area contributed by atoms with Crippen molar-refractivity contribution >= 4 is 12.0 Å². The molecule has 1 saturated heterocycles. The number of cyclic esters (lactones) is 1. The molecule has 17 heavy (non-hydrogen) atoms. The molecule has 1 aliphatic heterocycles. The molecule has 4 aliphatic carbocycles. The summed E-state index contributed by atoms with van der Waals surface area (Å²) in [5, 5.41) is 0. The Morgan fingerprint density at radius 1 is 1.24 bits per heavy atom. The normalized spacial score (nSPS) is 48.3. The zero-order chi connectivity index (χ0) is 11.8. The Balaban J connectivity index is 1.63. The summed E-state index contributed by atoms with van der Waals surface area (Å²) in [5.41, 5.74) is -0.843. The Bertz CT molecular complexity index is 411. The van der Waals surface area contributed by atoms with Crippen molar-refractivity contribution in [2.45, 2.75) is 50.7 Å². The van der Waals surface area contributed by atoms with Crippen LogP contribution in [0.25, 0.3) is 0 Å². The number of hydrogen-bond donors (Lipinski definition) is 0. The predicted octanol–water partition coefficient (Wildman–Crippen LogP) is 1.93. The number of fused-ring (bicyclic) bond motifs is 1. The van der Waals surface area contributed by atoms with E-state index in [-0.39, 0.29) is 24.0 Å². The zero-order valence-corrected chi connectivity index (χ0v) is 10.0. The van der Waals surface area contributed by atoms with E-state index >= 15 is 0 Å². The van der Waals surface area contributed by atoms with E-state index in [9.17, 15) is 9.59 Å². The van der Waals surface area contributed by atoms with Crippen molar-refractivity contribution in [3.63, 3.8) is 0 Å². The number of ether oxygens (including phenoxy) is 1. The minimum Gasteiger partial charge on any atom is -0.432 e. The number of carbonyl (C=O) groups is 2. The number of amides is 2. The van der Waals surface area contributed by atoms with Crippen LogP contribution in [-0.2, 0) is 9.53 Å². The van der Waals surface area contributed by atoms with Crippen molar-refractivity contribution in [1.82, 2.24) is 4.90 Å². The molecule has 0 spiro atoms. The molecule has 0 aromatic heterocycles. The second-order valence-electron chi connectivity index (χ2n) is 6.33. The van der Waals surface area contributed by atoms with Crippen LogP contribution in [-0.4, -0.2) is 28.5 Å². The van der Waals surface area contributed by atoms with Gasteiger partial charge in [0.15, 0.2) is 5.60 Å². The molecule has 5 fully saturated rings. The van der Waals surface area contributed by atoms with Gasteiger partial charge in [0, 0.05) is 12.0 Å². The van der Waals surface area contributed by atoms with Gasteiger partial charge in [-0.1, -0.05) is 0 Å². The summed E-state index contributed by atoms with van der Waals surface area (Å²) in [6.45, 7) is 1.80. The summed E-state index contributed by atoms with van der Waals surface area (Å²) >= 11 is 0. The van der Waals surface area contributed by atoms with E-state index in [1.165, 1.54) is 17.7 Å². The minimum absolute atomic E-state index is 0.0671. The lowest BCUT2D eigenvalue weighted by Gasteiger charge is -2.28. The first kappa shape index (κ1) is 9.92. The van der Waals surface area contributed by atoms with E-state index in [0.717, 1.165) is 25.2 Å². The molecule has 4 heteroatoms. The lowest BCUT2D eigenvalue weighted by atomic mass is 9.84. The van der Waals surface area contributed by atoms with Gasteiger partial charge < -0.3 is 4.74 Å². The monoisotopic (exact) mass is 235 g/mol. The van der Waals surface area contributed by atoms with Gasteiger partial charge in [-0.2, -0.15) is 0 Å². The SMILES string of the molecule is CC1(C2CC2)OC(=O)N(C2CC3CC2C3)C1=O. The van der Waals surface area contributed by atoms with E-state index < -0.39 is 5.60 Å². The van der Waals surface area contributed by atoms with Crippen LogP contribution in [0.5, 0.6) is 0 Å². The zero-order valence-electron chi connectivity index (χ0n) is 10.0. The van der Waals surface area contributed by atoms with E-state index in [0.29, 0.717) is 5.92 Å². The third-order valence-corrected chi connectivity index (χ3v) is 5.22. The molecule has 2 bridgehead atoms. The molecule has 5 aliphatic rings. The third kappa shape index (κ3) is 1.14. The van der Waals surface area contributed by atoms with E-state index in [1.54, 1.807) is 6.92 Å². The van der Waals surface area contributed by atoms with E-state index in [2.05, 4.69) is 0 Å². The molecule has 5 rings (SSSR count). The fourth-order valence-corrected chi connectivity index (χ4v) is 3.92. The molecule has 2 amide bonds. The van der Waals surface area contributed by atoms with Crippen LogP contribution in [0.4, 0.5) is 4.79 Å². The maximum absolute atomic E-state index is 12.5. The average Bonchev–Trinajstić information content (AvgIpc) is 2.85. The van der Waals surface area contributed by atoms with Crippen LogP contribution in [0.3, 0.4) is 0 Å². The highest BCUT2D eigenvalue weighted by atomic mass is 16.6. The quantitative estimate of drug-likeness (QED) is 0.734. The summed E-state index contributed by atoms with van der Waals surface area (Å²) in [6.07, 6.45) is 5.04. The first-order valence-corrected chi connectivity index (χ1v) is 6.66. The highest BCUT2D eigenvalue weighted by Crippen LogP contribution is 2.53. The highest BCUT2D eigenvalue weighted by molar-refractivity contribution is 6.03. The molecule has 0 aromatic carbocycles. The molecule has 0 N–H and O–H groups in total. The van der Waals surface area contributed by atoms with Gasteiger partial charge in [-0.05, 0) is 50.9 Å². The second kappa shape index (κ2) is 2.85. The molecular formula is C13H17NO3. The molecule has 2 unspecified atom stereocenters. The van der Waals surface area contributed by atoms with Crippen molar-refractivity contribution in [1.29, 1.82) is 0 Å². The molecule has 4 nitrogen and oxygen atoms in total. The highest BCUT2D eigenvalue weighted by Gasteiger charge is 2.62. The van der Waals surface area contributed by atoms with Gasteiger partial charge in [0.25, 0.3) is 5.91 Å². The van der Waals surface area contributed by atoms with E-state index in [4.69, 9.17) is 4.74 Å². The Kier molecular flexibility index (Phi) is 1.66. The van der Waals surface area contributed by atoms with Gasteiger partial charge >= 0.3 is 6.09 Å². The lowest BCUT2D eigenvalue weighted by Crippen LogP contribution is -2.45. The summed E-state index contributed by atoms with van der Waals surface area (Å²) in [5.74, 6) is 1.50. The van der Waals surface area contributed by atoms with Gasteiger partial charge in [-0.3, -0.25) is 4.79 Å². The molecule has 4 saturated carbocycles. The second-order valence-corrected chi connectivity index (χ2v) is 6.33. The number of imide groups is 1. The summed E-state index contributed by atoms with van der Waals surface area (Å²) in [7, 11) is 0. The van der Waals surface area contributed by atoms with Gasteiger partial charge in [-0.15, -0.1) is 0 Å². The first-order valence-electron chi connectivity index (χ1n) is 6.66. The Morgan fingerprint density at radius 2 is 1.94 bits per heavy atom. The number of rotatable bonds is 2. The fraction of sp³-hybridized carbons (Fsp3) is 0.846. The van der Waals surface area contributed by atoms with Gasteiger partial charge in [0.1, 0.15) is 0 Å². The average molecular weight is 235 g/mol. The summed E-state index contributed by atoms with van der Waals surface area (Å²) in [6, 6.07) is 0.139. The maximum Gasteiger partial charge on any atom is 0.417 e. The van der Waals surface area contributed by atoms with Gasteiger partial charge in [0.2, 0.25) is 0 Å². The predicted molar refractivity (Wildman–Crippen MR) is 59.1 cm³/mol. The van der Waals surface area contributed by atoms with Crippen molar-refractivity contribution < 1.29 is 14.3 Å². The van der Waals surface area contributed by atoms with Crippen LogP contribution in [0.2, 0.25) is 0 Å². The van der Waals surface area contributed by atoms with Crippen LogP contribution >= 0.6 is 0 Å². The Labute approximate surface area is 100 Å². The first-order chi connectivity index (χ1) is 8.09. The third-order valence-electron chi connectivity index (χ3n) is 5.22. The van der Waals surface area contributed by atoms with Crippen molar-refractivity contribution in [2.75, 3.05) is 0 Å². The number of hydrogen-bond acceptors (Lipinski definition) is 3. The fourth-order valence-electron chi connectivity index (χ4n) is 3.92. The topological polar surface area (TPSA) is 46.6 Å². The largest absolute Gasteiger partial charge is 0.432 e. The molecule has 0 aromatic rings. The van der Waals surface area contributed by atoms with Crippen molar-refractivity contribution in [3.05, 3.63) is 0 Å². The number of carbonyl (C=O) groups excluding carboxylic acids is 2. The van der Waals surface area contributed by atoms with E-state index in [1.807, 2.05) is 0 Å².